The molecule has 48 heavy (non-hydrogen) atoms. The molecule has 0 bridgehead atoms. The van der Waals surface area contributed by atoms with E-state index in [2.05, 4.69) is 46.5 Å². The Kier molecular flexibility index (Phi) is 24.5. The monoisotopic (exact) mass is 868 g/mol. The van der Waals surface area contributed by atoms with Crippen LogP contribution in [-0.4, -0.2) is 158 Å². The maximum Gasteiger partial charge on any atom is 0.416 e. The first-order valence-corrected chi connectivity index (χ1v) is 17.2. The third-order valence-corrected chi connectivity index (χ3v) is 9.10. The summed E-state index contributed by atoms with van der Waals surface area (Å²) in [6.07, 6.45) is -1.51. The van der Waals surface area contributed by atoms with Gasteiger partial charge in [-0.1, -0.05) is 30.3 Å². The van der Waals surface area contributed by atoms with E-state index < -0.39 is 34.7 Å². The van der Waals surface area contributed by atoms with Crippen LogP contribution in [0.5, 0.6) is 0 Å². The Hall–Kier alpha value is 1.31. The maximum absolute atomic E-state index is 14.2. The molecule has 0 aromatic heterocycles. The maximum atomic E-state index is 14.2. The van der Waals surface area contributed by atoms with Gasteiger partial charge < -0.3 is 14.5 Å². The number of rotatable bonds is 11. The van der Waals surface area contributed by atoms with E-state index in [1.54, 1.807) is 0 Å². The van der Waals surface area contributed by atoms with Crippen molar-refractivity contribution in [2.45, 2.75) is 62.6 Å². The second-order valence-electron chi connectivity index (χ2n) is 11.8. The van der Waals surface area contributed by atoms with Crippen LogP contribution in [0, 0.1) is 0 Å². The second kappa shape index (κ2) is 23.9. The zero-order valence-corrected chi connectivity index (χ0v) is 37.7. The number of nitrogens with two attached hydrogens (primary N) is 1. The van der Waals surface area contributed by atoms with Crippen LogP contribution in [0.1, 0.15) is 53.2 Å². The summed E-state index contributed by atoms with van der Waals surface area (Å²) in [6, 6.07) is 11.9. The zero-order chi connectivity index (χ0) is 33.2. The predicted octanol–water partition coefficient (Wildman–Crippen LogP) is 4.20. The van der Waals surface area contributed by atoms with E-state index in [1.165, 1.54) is 17.7 Å². The van der Waals surface area contributed by atoms with Crippen molar-refractivity contribution in [2.75, 3.05) is 58.9 Å². The van der Waals surface area contributed by atoms with Gasteiger partial charge in [0.15, 0.2) is 0 Å². The van der Waals surface area contributed by atoms with E-state index in [-0.39, 0.29) is 104 Å². The molecule has 0 spiro atoms. The quantitative estimate of drug-likeness (QED) is 0.272. The molecule has 7 radical (unpaired) electrons. The van der Waals surface area contributed by atoms with Gasteiger partial charge in [0, 0.05) is 161 Å². The summed E-state index contributed by atoms with van der Waals surface area (Å²) in [4.78, 5) is 20.0. The molecule has 2 saturated heterocycles. The molecule has 2 aliphatic rings. The molecule has 2 heterocycles. The number of amides is 1. The Labute approximate surface area is 362 Å². The average Bonchev–Trinajstić information content (AvgIpc) is 3.03. The molecule has 2 aromatic rings. The van der Waals surface area contributed by atoms with E-state index >= 15 is 0 Å². The summed E-state index contributed by atoms with van der Waals surface area (Å²) in [5.74, 6) is -2.32. The molecule has 6 nitrogen and oxygen atoms in total. The first-order chi connectivity index (χ1) is 21.3. The number of hydrogen-bond donors (Lipinski definition) is 1. The standard InChI is InChI=1S/C31H41F5N5O.CH3.2Al.Na.Nb.Y/c1-30(32,33)25-18-24(19-26(20-25)31(34,35)36)29(42)41(12-9-23-6-3-2-4-7-23)13-10-27(21-37)39-14-16-40(17-15-39)28-8-5-11-38-22-28;;;;;;/h2-4,6-7,18-20,27-28H,5,8-17,21-22,37H2,1H3;1H3;;;;;/q-1;;;+1;;;. The molecule has 253 valence electrons. The van der Waals surface area contributed by atoms with Crippen molar-refractivity contribution in [1.82, 2.24) is 18.6 Å². The molecule has 0 saturated carbocycles. The van der Waals surface area contributed by atoms with E-state index in [0.29, 0.717) is 44.5 Å². The molecule has 16 heteroatoms. The smallest absolute Gasteiger partial charge is 0.401 e. The molecule has 2 N–H and O–H groups in total. The van der Waals surface area contributed by atoms with Crippen molar-refractivity contribution in [3.05, 3.63) is 70.8 Å². The van der Waals surface area contributed by atoms with Crippen LogP contribution in [0.2, 0.25) is 5.79 Å². The Balaban J connectivity index is 0.00000433. The number of piperazine rings is 1. The van der Waals surface area contributed by atoms with Crippen LogP contribution >= 0.6 is 0 Å². The molecule has 1 amide bonds. The van der Waals surface area contributed by atoms with Gasteiger partial charge in [-0.3, -0.25) is 14.6 Å². The van der Waals surface area contributed by atoms with Crippen molar-refractivity contribution in [3.8, 4) is 0 Å². The number of carbonyl (C=O) groups excluding carboxylic acids is 1. The van der Waals surface area contributed by atoms with Crippen LogP contribution in [0.15, 0.2) is 48.5 Å². The molecular formula is C32H44Al2F5N5NaNbOY. The molecule has 2 fully saturated rings. The van der Waals surface area contributed by atoms with Crippen LogP contribution in [0.25, 0.3) is 0 Å². The molecule has 4 rings (SSSR count). The fraction of sp³-hybridized carbons (Fsp3) is 0.594. The molecular weight excluding hydrogens is 824 g/mol. The van der Waals surface area contributed by atoms with E-state index in [1.807, 2.05) is 36.1 Å². The normalized spacial score (nSPS) is 18.2. The molecule has 2 unspecified atom stereocenters. The van der Waals surface area contributed by atoms with Gasteiger partial charge >= 0.3 is 6.18 Å². The minimum Gasteiger partial charge on any atom is -0.401 e. The van der Waals surface area contributed by atoms with Crippen LogP contribution in [0.3, 0.4) is 0 Å². The summed E-state index contributed by atoms with van der Waals surface area (Å²) < 4.78 is 71.6. The number of benzene rings is 2. The molecule has 0 aliphatic carbocycles. The number of alkyl halides is 5. The SMILES string of the molecule is CC(F)(F)c1cc(C(=O)N(CCc2ccccc2)CCC(CN)N2CCN(C3CCC[N]([Al])C3)CC2)cc(C(F)(F)F)c1.[CH3][Al].[Na].[Nb].[Y]. The van der Waals surface area contributed by atoms with Crippen molar-refractivity contribution >= 4 is 68.3 Å². The van der Waals surface area contributed by atoms with E-state index in [4.69, 9.17) is 5.73 Å². The second-order valence-corrected chi connectivity index (χ2v) is 12.5. The Bertz CT molecular complexity index is 1180. The van der Waals surface area contributed by atoms with Gasteiger partial charge in [0.1, 0.15) is 16.3 Å². The largest absolute Gasteiger partial charge is 0.416 e. The third-order valence-electron chi connectivity index (χ3n) is 8.63. The van der Waals surface area contributed by atoms with Gasteiger partial charge in [-0.2, -0.15) is 13.2 Å². The van der Waals surface area contributed by atoms with Crippen molar-refractivity contribution < 1.29 is 81.8 Å². The summed E-state index contributed by atoms with van der Waals surface area (Å²) >= 11 is 5.22. The van der Waals surface area contributed by atoms with Gasteiger partial charge in [-0.05, 0) is 62.5 Å². The van der Waals surface area contributed by atoms with Crippen molar-refractivity contribution in [1.29, 1.82) is 0 Å². The number of carbonyl (C=O) groups is 1. The minimum atomic E-state index is -4.87. The van der Waals surface area contributed by atoms with Crippen LogP contribution in [0.4, 0.5) is 22.0 Å². The van der Waals surface area contributed by atoms with Gasteiger partial charge in [0.05, 0.1) is 5.56 Å². The Morgan fingerprint density at radius 2 is 1.58 bits per heavy atom. The predicted molar refractivity (Wildman–Crippen MR) is 175 cm³/mol. The fourth-order valence-corrected chi connectivity index (χ4v) is 6.50. The Morgan fingerprint density at radius 3 is 2.12 bits per heavy atom. The first-order valence-electron chi connectivity index (χ1n) is 15.5. The third kappa shape index (κ3) is 15.3. The number of piperidine rings is 1. The number of halogens is 5. The summed E-state index contributed by atoms with van der Waals surface area (Å²) in [7, 11) is 0. The van der Waals surface area contributed by atoms with E-state index in [0.717, 1.165) is 50.9 Å². The number of nitrogens with zero attached hydrogens (tertiary/aromatic N) is 4. The topological polar surface area (TPSA) is 56.1 Å². The Morgan fingerprint density at radius 1 is 0.979 bits per heavy atom. The van der Waals surface area contributed by atoms with Gasteiger partial charge in [-0.15, -0.1) is 5.79 Å². The van der Waals surface area contributed by atoms with Gasteiger partial charge in [0.25, 0.3) is 28.3 Å². The molecule has 2 atom stereocenters. The zero-order valence-electron chi connectivity index (χ0n) is 28.3. The van der Waals surface area contributed by atoms with Crippen molar-refractivity contribution in [3.63, 3.8) is 0 Å². The molecule has 2 aromatic carbocycles. The minimum absolute atomic E-state index is 0. The summed E-state index contributed by atoms with van der Waals surface area (Å²) in [5, 5.41) is 0. The van der Waals surface area contributed by atoms with Crippen LogP contribution in [-0.2, 0) is 73.6 Å². The van der Waals surface area contributed by atoms with Crippen molar-refractivity contribution in [2.24, 2.45) is 5.73 Å². The van der Waals surface area contributed by atoms with Gasteiger partial charge in [-0.25, -0.2) is 8.78 Å². The van der Waals surface area contributed by atoms with E-state index in [9.17, 15) is 26.7 Å². The first kappa shape index (κ1) is 49.3. The van der Waals surface area contributed by atoms with Gasteiger partial charge in [0.2, 0.25) is 0 Å². The summed E-state index contributed by atoms with van der Waals surface area (Å²) in [6.45, 7) is 7.04. The molecule has 2 aliphatic heterocycles. The average molecular weight is 868 g/mol. The summed E-state index contributed by atoms with van der Waals surface area (Å²) in [5.41, 5.74) is 4.66. The van der Waals surface area contributed by atoms with Crippen LogP contribution < -0.4 is 5.73 Å². The fourth-order valence-electron chi connectivity index (χ4n) is 6.08. The number of hydrogen-bond acceptors (Lipinski definition) is 5.